The van der Waals surface area contributed by atoms with Crippen LogP contribution in [0.5, 0.6) is 0 Å². The van der Waals surface area contributed by atoms with Crippen LogP contribution in [-0.2, 0) is 40.0 Å². The number of alkyl carbamates (subject to hydrolysis) is 1. The van der Waals surface area contributed by atoms with Gasteiger partial charge in [0.05, 0.1) is 17.9 Å². The number of aromatic nitrogens is 2. The molecule has 0 spiro atoms. The summed E-state index contributed by atoms with van der Waals surface area (Å²) in [5.41, 5.74) is 6.65. The lowest BCUT2D eigenvalue weighted by Crippen LogP contribution is -2.38. The van der Waals surface area contributed by atoms with Crippen LogP contribution in [0.2, 0.25) is 0 Å². The Kier molecular flexibility index (Phi) is 12.6. The molecule has 3 atom stereocenters. The average Bonchev–Trinajstić information content (AvgIpc) is 3.82. The predicted molar refractivity (Wildman–Crippen MR) is 202 cm³/mol. The van der Waals surface area contributed by atoms with Gasteiger partial charge in [0.2, 0.25) is 0 Å². The second-order valence-electron chi connectivity index (χ2n) is 16.2. The number of rotatable bonds is 14. The maximum Gasteiger partial charge on any atom is 0.407 e. The zero-order chi connectivity index (χ0) is 35.8. The summed E-state index contributed by atoms with van der Waals surface area (Å²) in [6.07, 6.45) is 16.5. The highest BCUT2D eigenvalue weighted by molar-refractivity contribution is 5.73. The maximum atomic E-state index is 14.3. The fourth-order valence-corrected chi connectivity index (χ4v) is 8.42. The molecule has 3 aromatic rings. The van der Waals surface area contributed by atoms with Crippen LogP contribution in [0.15, 0.2) is 54.9 Å². The molecule has 3 heterocycles. The first-order chi connectivity index (χ1) is 24.6. The molecular formula is C43H60N4O4. The molecule has 0 radical (unpaired) electrons. The Hall–Kier alpha value is -3.65. The number of amides is 1. The number of nitrogens with zero attached hydrogens (tertiary/aromatic N) is 3. The third kappa shape index (κ3) is 10.0. The highest BCUT2D eigenvalue weighted by atomic mass is 16.6. The molecule has 1 aliphatic carbocycles. The number of benzene rings is 2. The van der Waals surface area contributed by atoms with Crippen molar-refractivity contribution in [1.29, 1.82) is 0 Å². The van der Waals surface area contributed by atoms with E-state index >= 15 is 0 Å². The largest absolute Gasteiger partial charge is 0.456 e. The number of imidazole rings is 1. The van der Waals surface area contributed by atoms with E-state index in [-0.39, 0.29) is 18.1 Å². The van der Waals surface area contributed by atoms with E-state index in [1.54, 1.807) is 0 Å². The molecule has 8 heteroatoms. The number of nitrogens with one attached hydrogen (secondary N) is 1. The van der Waals surface area contributed by atoms with Crippen LogP contribution in [-0.4, -0.2) is 57.8 Å². The van der Waals surface area contributed by atoms with Crippen LogP contribution in [0.4, 0.5) is 4.79 Å². The molecular weight excluding hydrogens is 636 g/mol. The van der Waals surface area contributed by atoms with Gasteiger partial charge in [0.15, 0.2) is 0 Å². The molecule has 0 bridgehead atoms. The van der Waals surface area contributed by atoms with Gasteiger partial charge in [0.25, 0.3) is 0 Å². The van der Waals surface area contributed by atoms with Crippen LogP contribution in [0.1, 0.15) is 126 Å². The van der Waals surface area contributed by atoms with Crippen LogP contribution >= 0.6 is 0 Å². The maximum absolute atomic E-state index is 14.3. The number of ether oxygens (including phenoxy) is 2. The van der Waals surface area contributed by atoms with Crippen molar-refractivity contribution < 1.29 is 19.1 Å². The monoisotopic (exact) mass is 696 g/mol. The van der Waals surface area contributed by atoms with Gasteiger partial charge in [-0.3, -0.25) is 9.69 Å². The molecule has 276 valence electrons. The van der Waals surface area contributed by atoms with Gasteiger partial charge in [-0.25, -0.2) is 9.78 Å². The number of hydrogen-bond donors (Lipinski definition) is 1. The standard InChI is InChI=1S/C43H60N4O4/c1-31(46-26-11-12-27-46)40(34-16-9-6-10-17-34)50-41(48)36(18-13-25-44-42(49)51-43(2,3)4)29-37-39-24-22-35-28-33(20-19-32-14-7-5-8-15-32)21-23-38(35)47(39)30-45-37/h6,9-10,16-17,21,23,28,30-32,36,40H,5,7-8,11-15,18-20,22,24-27,29H2,1-4H3,(H,44,49)/t31-,36-,40-/m0/s1. The molecule has 1 aromatic heterocycles. The Morgan fingerprint density at radius 2 is 1.75 bits per heavy atom. The summed E-state index contributed by atoms with van der Waals surface area (Å²) in [4.78, 5) is 34.0. The third-order valence-electron chi connectivity index (χ3n) is 11.3. The quantitative estimate of drug-likeness (QED) is 0.134. The van der Waals surface area contributed by atoms with Crippen molar-refractivity contribution in [3.63, 3.8) is 0 Å². The molecule has 8 nitrogen and oxygen atoms in total. The number of esters is 1. The number of fused-ring (bicyclic) bond motifs is 3. The van der Waals surface area contributed by atoms with E-state index in [0.29, 0.717) is 25.8 Å². The van der Waals surface area contributed by atoms with Gasteiger partial charge in [-0.05, 0) is 121 Å². The first kappa shape index (κ1) is 37.1. The highest BCUT2D eigenvalue weighted by Crippen LogP contribution is 2.33. The zero-order valence-corrected chi connectivity index (χ0v) is 31.5. The lowest BCUT2D eigenvalue weighted by atomic mass is 9.85. The van der Waals surface area contributed by atoms with Crippen molar-refractivity contribution >= 4 is 12.1 Å². The van der Waals surface area contributed by atoms with Gasteiger partial charge in [0, 0.05) is 30.4 Å². The summed E-state index contributed by atoms with van der Waals surface area (Å²) in [5.74, 6) is 0.287. The molecule has 1 N–H and O–H groups in total. The average molecular weight is 697 g/mol. The van der Waals surface area contributed by atoms with E-state index in [1.807, 2.05) is 45.3 Å². The molecule has 0 unspecified atom stereocenters. The summed E-state index contributed by atoms with van der Waals surface area (Å²) in [5, 5.41) is 2.87. The van der Waals surface area contributed by atoms with Crippen molar-refractivity contribution in [2.24, 2.45) is 11.8 Å². The topological polar surface area (TPSA) is 85.7 Å². The SMILES string of the molecule is C[C@@H]([C@H](OC(=O)[C@@H](CCCNC(=O)OC(C)(C)C)Cc1ncn2c1CCc1cc(CCC3CCCCC3)ccc1-2)c1ccccc1)N1CCCC1. The van der Waals surface area contributed by atoms with E-state index in [0.717, 1.165) is 49.5 Å². The number of likely N-dealkylation sites (tertiary alicyclic amines) is 1. The van der Waals surface area contributed by atoms with E-state index < -0.39 is 17.6 Å². The van der Waals surface area contributed by atoms with Crippen molar-refractivity contribution in [2.45, 2.75) is 135 Å². The van der Waals surface area contributed by atoms with E-state index in [4.69, 9.17) is 14.5 Å². The van der Waals surface area contributed by atoms with Crippen molar-refractivity contribution in [2.75, 3.05) is 19.6 Å². The van der Waals surface area contributed by atoms with E-state index in [1.165, 1.54) is 73.9 Å². The Labute approximate surface area is 305 Å². The van der Waals surface area contributed by atoms with Gasteiger partial charge in [-0.1, -0.05) is 74.6 Å². The van der Waals surface area contributed by atoms with Crippen molar-refractivity contribution in [1.82, 2.24) is 19.8 Å². The fourth-order valence-electron chi connectivity index (χ4n) is 8.42. The van der Waals surface area contributed by atoms with E-state index in [2.05, 4.69) is 52.0 Å². The van der Waals surface area contributed by atoms with Gasteiger partial charge in [0.1, 0.15) is 11.7 Å². The minimum atomic E-state index is -0.565. The molecule has 1 saturated carbocycles. The second-order valence-corrected chi connectivity index (χ2v) is 16.2. The van der Waals surface area contributed by atoms with Crippen LogP contribution in [0.25, 0.3) is 5.69 Å². The number of carbonyl (C=O) groups excluding carboxylic acids is 2. The molecule has 6 rings (SSSR count). The minimum Gasteiger partial charge on any atom is -0.456 e. The molecule has 2 aliphatic heterocycles. The van der Waals surface area contributed by atoms with Crippen LogP contribution in [0, 0.1) is 11.8 Å². The van der Waals surface area contributed by atoms with E-state index in [9.17, 15) is 9.59 Å². The highest BCUT2D eigenvalue weighted by Gasteiger charge is 2.33. The summed E-state index contributed by atoms with van der Waals surface area (Å²) in [7, 11) is 0. The van der Waals surface area contributed by atoms with Crippen molar-refractivity contribution in [3.05, 3.63) is 82.9 Å². The van der Waals surface area contributed by atoms with Gasteiger partial charge in [-0.2, -0.15) is 0 Å². The third-order valence-corrected chi connectivity index (χ3v) is 11.3. The van der Waals surface area contributed by atoms with Crippen LogP contribution < -0.4 is 5.32 Å². The summed E-state index contributed by atoms with van der Waals surface area (Å²) in [6, 6.07) is 17.2. The van der Waals surface area contributed by atoms with Crippen molar-refractivity contribution in [3.8, 4) is 5.69 Å². The summed E-state index contributed by atoms with van der Waals surface area (Å²) in [6.45, 7) is 10.2. The summed E-state index contributed by atoms with van der Waals surface area (Å²) < 4.78 is 14.2. The number of aryl methyl sites for hydroxylation is 2. The lowest BCUT2D eigenvalue weighted by molar-refractivity contribution is -0.158. The van der Waals surface area contributed by atoms with Crippen LogP contribution in [0.3, 0.4) is 0 Å². The molecule has 1 saturated heterocycles. The summed E-state index contributed by atoms with van der Waals surface area (Å²) >= 11 is 0. The van der Waals surface area contributed by atoms with Gasteiger partial charge >= 0.3 is 12.1 Å². The normalized spacial score (nSPS) is 18.4. The fraction of sp³-hybridized carbons (Fsp3) is 0.605. The Morgan fingerprint density at radius 1 is 0.980 bits per heavy atom. The smallest absolute Gasteiger partial charge is 0.407 e. The number of hydrogen-bond acceptors (Lipinski definition) is 6. The first-order valence-corrected chi connectivity index (χ1v) is 19.8. The molecule has 2 aromatic carbocycles. The Morgan fingerprint density at radius 3 is 2.49 bits per heavy atom. The number of carbonyl (C=O) groups is 2. The molecule has 3 aliphatic rings. The van der Waals surface area contributed by atoms with Gasteiger partial charge < -0.3 is 19.4 Å². The predicted octanol–water partition coefficient (Wildman–Crippen LogP) is 8.72. The molecule has 1 amide bonds. The first-order valence-electron chi connectivity index (χ1n) is 19.8. The minimum absolute atomic E-state index is 0.0674. The van der Waals surface area contributed by atoms with Gasteiger partial charge in [-0.15, -0.1) is 0 Å². The zero-order valence-electron chi connectivity index (χ0n) is 31.5. The molecule has 2 fully saturated rings. The molecule has 51 heavy (non-hydrogen) atoms. The Balaban J connectivity index is 1.17. The second kappa shape index (κ2) is 17.2. The lowest BCUT2D eigenvalue weighted by Gasteiger charge is -2.32. The Bertz CT molecular complexity index is 1580.